The zero-order chi connectivity index (χ0) is 8.55. The van der Waals surface area contributed by atoms with Crippen molar-refractivity contribution >= 4 is 11.8 Å². The second-order valence-electron chi connectivity index (χ2n) is 3.34. The fraction of sp³-hybridized carbons (Fsp3) is 0.556. The van der Waals surface area contributed by atoms with Gasteiger partial charge in [0.2, 0.25) is 0 Å². The second-order valence-corrected chi connectivity index (χ2v) is 4.12. The Labute approximate surface area is 76.8 Å². The molecule has 1 aromatic rings. The normalized spacial score (nSPS) is 21.0. The van der Waals surface area contributed by atoms with E-state index >= 15 is 0 Å². The fourth-order valence-electron chi connectivity index (χ4n) is 1.65. The summed E-state index contributed by atoms with van der Waals surface area (Å²) in [7, 11) is 0. The lowest BCUT2D eigenvalue weighted by Gasteiger charge is -1.98. The molecule has 0 spiro atoms. The van der Waals surface area contributed by atoms with Gasteiger partial charge in [-0.3, -0.25) is 0 Å². The molecule has 3 heteroatoms. The lowest BCUT2D eigenvalue weighted by Crippen LogP contribution is -1.93. The molecule has 0 fully saturated rings. The molecule has 64 valence electrons. The summed E-state index contributed by atoms with van der Waals surface area (Å²) < 4.78 is 0. The zero-order valence-corrected chi connectivity index (χ0v) is 8.19. The van der Waals surface area contributed by atoms with Crippen molar-refractivity contribution in [2.75, 3.05) is 6.26 Å². The van der Waals surface area contributed by atoms with Crippen LogP contribution >= 0.6 is 11.8 Å². The first-order valence-electron chi connectivity index (χ1n) is 4.18. The standard InChI is InChI=1S/C9H12N2S/c1-6-3-7-5-10-9(12-2)11-8(7)4-6/h5-6H,3-4H2,1-2H3. The van der Waals surface area contributed by atoms with Gasteiger partial charge in [0.25, 0.3) is 0 Å². The summed E-state index contributed by atoms with van der Waals surface area (Å²) in [6.45, 7) is 2.26. The Morgan fingerprint density at radius 3 is 3.08 bits per heavy atom. The quantitative estimate of drug-likeness (QED) is 0.488. The van der Waals surface area contributed by atoms with Gasteiger partial charge in [0, 0.05) is 11.9 Å². The first-order valence-corrected chi connectivity index (χ1v) is 5.41. The Hall–Kier alpha value is -0.570. The van der Waals surface area contributed by atoms with Crippen LogP contribution in [0.4, 0.5) is 0 Å². The van der Waals surface area contributed by atoms with E-state index in [1.54, 1.807) is 11.8 Å². The van der Waals surface area contributed by atoms with Crippen LogP contribution in [0.2, 0.25) is 0 Å². The number of rotatable bonds is 1. The number of nitrogens with zero attached hydrogens (tertiary/aromatic N) is 2. The van der Waals surface area contributed by atoms with Crippen molar-refractivity contribution in [3.8, 4) is 0 Å². The van der Waals surface area contributed by atoms with Crippen LogP contribution in [0.15, 0.2) is 11.4 Å². The highest BCUT2D eigenvalue weighted by Gasteiger charge is 2.19. The third-order valence-electron chi connectivity index (χ3n) is 2.22. The van der Waals surface area contributed by atoms with Crippen molar-refractivity contribution in [1.29, 1.82) is 0 Å². The van der Waals surface area contributed by atoms with E-state index in [4.69, 9.17) is 0 Å². The maximum Gasteiger partial charge on any atom is 0.187 e. The molecule has 0 saturated carbocycles. The highest BCUT2D eigenvalue weighted by molar-refractivity contribution is 7.98. The minimum absolute atomic E-state index is 0.756. The highest BCUT2D eigenvalue weighted by atomic mass is 32.2. The molecule has 0 radical (unpaired) electrons. The summed E-state index contributed by atoms with van der Waals surface area (Å²) in [5.41, 5.74) is 2.61. The van der Waals surface area contributed by atoms with E-state index in [0.29, 0.717) is 0 Å². The van der Waals surface area contributed by atoms with E-state index in [1.165, 1.54) is 11.3 Å². The predicted octanol–water partition coefficient (Wildman–Crippen LogP) is 1.93. The molecule has 1 aliphatic carbocycles. The Morgan fingerprint density at radius 2 is 2.33 bits per heavy atom. The molecule has 1 aromatic heterocycles. The van der Waals surface area contributed by atoms with Gasteiger partial charge in [-0.2, -0.15) is 0 Å². The van der Waals surface area contributed by atoms with E-state index in [9.17, 15) is 0 Å². The highest BCUT2D eigenvalue weighted by Crippen LogP contribution is 2.25. The van der Waals surface area contributed by atoms with Crippen molar-refractivity contribution in [2.24, 2.45) is 5.92 Å². The number of thioether (sulfide) groups is 1. The van der Waals surface area contributed by atoms with Crippen LogP contribution in [-0.4, -0.2) is 16.2 Å². The van der Waals surface area contributed by atoms with Crippen LogP contribution in [0.1, 0.15) is 18.2 Å². The van der Waals surface area contributed by atoms with Crippen LogP contribution < -0.4 is 0 Å². The molecule has 2 rings (SSSR count). The number of fused-ring (bicyclic) bond motifs is 1. The second kappa shape index (κ2) is 3.05. The summed E-state index contributed by atoms with van der Waals surface area (Å²) in [5.74, 6) is 0.756. The summed E-state index contributed by atoms with van der Waals surface area (Å²) in [6.07, 6.45) is 6.28. The summed E-state index contributed by atoms with van der Waals surface area (Å²) in [5, 5.41) is 0.905. The molecule has 0 bridgehead atoms. The minimum Gasteiger partial charge on any atom is -0.231 e. The molecule has 1 atom stereocenters. The number of aromatic nitrogens is 2. The first kappa shape index (κ1) is 8.05. The lowest BCUT2D eigenvalue weighted by molar-refractivity contribution is 0.623. The molecule has 0 aromatic carbocycles. The lowest BCUT2D eigenvalue weighted by atomic mass is 10.1. The van der Waals surface area contributed by atoms with E-state index in [0.717, 1.165) is 23.9 Å². The van der Waals surface area contributed by atoms with Gasteiger partial charge in [0.1, 0.15) is 0 Å². The van der Waals surface area contributed by atoms with Gasteiger partial charge in [-0.25, -0.2) is 9.97 Å². The molecule has 0 amide bonds. The minimum atomic E-state index is 0.756. The number of hydrogen-bond donors (Lipinski definition) is 0. The topological polar surface area (TPSA) is 25.8 Å². The third-order valence-corrected chi connectivity index (χ3v) is 2.79. The van der Waals surface area contributed by atoms with Crippen molar-refractivity contribution in [2.45, 2.75) is 24.9 Å². The summed E-state index contributed by atoms with van der Waals surface area (Å²) in [4.78, 5) is 8.73. The Kier molecular flexibility index (Phi) is 2.05. The van der Waals surface area contributed by atoms with Crippen LogP contribution in [0.5, 0.6) is 0 Å². The fourth-order valence-corrected chi connectivity index (χ4v) is 2.01. The smallest absolute Gasteiger partial charge is 0.187 e. The van der Waals surface area contributed by atoms with Crippen LogP contribution in [0, 0.1) is 5.92 Å². The molecular weight excluding hydrogens is 168 g/mol. The average Bonchev–Trinajstić information content (AvgIpc) is 2.43. The van der Waals surface area contributed by atoms with Gasteiger partial charge < -0.3 is 0 Å². The van der Waals surface area contributed by atoms with Gasteiger partial charge in [0.05, 0.1) is 0 Å². The molecule has 1 aliphatic rings. The van der Waals surface area contributed by atoms with Crippen LogP contribution in [-0.2, 0) is 12.8 Å². The average molecular weight is 180 g/mol. The van der Waals surface area contributed by atoms with Crippen molar-refractivity contribution < 1.29 is 0 Å². The van der Waals surface area contributed by atoms with Gasteiger partial charge in [-0.1, -0.05) is 18.7 Å². The van der Waals surface area contributed by atoms with E-state index in [1.807, 2.05) is 12.5 Å². The molecule has 2 nitrogen and oxygen atoms in total. The van der Waals surface area contributed by atoms with Crippen molar-refractivity contribution in [1.82, 2.24) is 9.97 Å². The largest absolute Gasteiger partial charge is 0.231 e. The van der Waals surface area contributed by atoms with Gasteiger partial charge >= 0.3 is 0 Å². The van der Waals surface area contributed by atoms with Crippen molar-refractivity contribution in [3.63, 3.8) is 0 Å². The molecule has 1 unspecified atom stereocenters. The van der Waals surface area contributed by atoms with Crippen molar-refractivity contribution in [3.05, 3.63) is 17.5 Å². The Morgan fingerprint density at radius 1 is 1.50 bits per heavy atom. The zero-order valence-electron chi connectivity index (χ0n) is 7.37. The maximum atomic E-state index is 4.47. The SMILES string of the molecule is CSc1ncc2c(n1)CC(C)C2. The Bertz CT molecular complexity index is 299. The molecule has 1 heterocycles. The Balaban J connectivity index is 2.35. The molecule has 0 N–H and O–H groups in total. The van der Waals surface area contributed by atoms with E-state index in [-0.39, 0.29) is 0 Å². The molecule has 12 heavy (non-hydrogen) atoms. The van der Waals surface area contributed by atoms with Crippen LogP contribution in [0.25, 0.3) is 0 Å². The summed E-state index contributed by atoms with van der Waals surface area (Å²) >= 11 is 1.61. The van der Waals surface area contributed by atoms with Gasteiger partial charge in [0.15, 0.2) is 5.16 Å². The van der Waals surface area contributed by atoms with E-state index < -0.39 is 0 Å². The maximum absolute atomic E-state index is 4.47. The third kappa shape index (κ3) is 1.33. The molecule has 0 saturated heterocycles. The van der Waals surface area contributed by atoms with E-state index in [2.05, 4.69) is 16.9 Å². The summed E-state index contributed by atoms with van der Waals surface area (Å²) in [6, 6.07) is 0. The number of hydrogen-bond acceptors (Lipinski definition) is 3. The molecular formula is C9H12N2S. The molecule has 0 aliphatic heterocycles. The first-order chi connectivity index (χ1) is 5.79. The van der Waals surface area contributed by atoms with Crippen LogP contribution in [0.3, 0.4) is 0 Å². The predicted molar refractivity (Wildman–Crippen MR) is 50.4 cm³/mol. The van der Waals surface area contributed by atoms with Gasteiger partial charge in [-0.15, -0.1) is 0 Å². The monoisotopic (exact) mass is 180 g/mol. The van der Waals surface area contributed by atoms with Gasteiger partial charge in [-0.05, 0) is 30.6 Å².